The Morgan fingerprint density at radius 2 is 1.97 bits per heavy atom. The second kappa shape index (κ2) is 10.4. The topological polar surface area (TPSA) is 135 Å². The number of aromatic nitrogens is 4. The lowest BCUT2D eigenvalue weighted by molar-refractivity contribution is -0.115. The van der Waals surface area contributed by atoms with Crippen LogP contribution in [0.1, 0.15) is 24.0 Å². The van der Waals surface area contributed by atoms with E-state index in [0.717, 1.165) is 35.9 Å². The Kier molecular flexibility index (Phi) is 7.53. The summed E-state index contributed by atoms with van der Waals surface area (Å²) in [7, 11) is 6.46. The molecule has 1 amide bonds. The van der Waals surface area contributed by atoms with Crippen molar-refractivity contribution in [2.45, 2.75) is 25.4 Å². The maximum atomic E-state index is 13.0. The predicted octanol–water partition coefficient (Wildman–Crippen LogP) is -0.0144. The fraction of sp³-hybridized carbons (Fsp3) is 0.435. The number of amides is 1. The van der Waals surface area contributed by atoms with E-state index < -0.39 is 5.69 Å². The molecule has 0 radical (unpaired) electrons. The molecule has 3 heterocycles. The first-order chi connectivity index (χ1) is 16.2. The highest BCUT2D eigenvalue weighted by molar-refractivity contribution is 5.75. The van der Waals surface area contributed by atoms with Gasteiger partial charge in [-0.1, -0.05) is 12.1 Å². The molecule has 34 heavy (non-hydrogen) atoms. The van der Waals surface area contributed by atoms with Crippen LogP contribution in [0.4, 0.5) is 5.95 Å². The summed E-state index contributed by atoms with van der Waals surface area (Å²) in [6.07, 6.45) is 2.63. The van der Waals surface area contributed by atoms with Crippen LogP contribution in [0.5, 0.6) is 0 Å². The summed E-state index contributed by atoms with van der Waals surface area (Å²) >= 11 is 0. The maximum Gasteiger partial charge on any atom is 0.332 e. The molecule has 180 valence electrons. The molecule has 2 aromatic heterocycles. The third-order valence-corrected chi connectivity index (χ3v) is 5.68. The van der Waals surface area contributed by atoms with Gasteiger partial charge in [-0.2, -0.15) is 10.2 Å². The van der Waals surface area contributed by atoms with Gasteiger partial charge >= 0.3 is 5.69 Å². The lowest BCUT2D eigenvalue weighted by atomic mass is 10.1. The summed E-state index contributed by atoms with van der Waals surface area (Å²) in [6, 6.07) is 9.43. The van der Waals surface area contributed by atoms with E-state index >= 15 is 0 Å². The number of anilines is 1. The molecule has 1 aliphatic rings. The molecule has 0 saturated carbocycles. The van der Waals surface area contributed by atoms with Gasteiger partial charge in [-0.05, 0) is 30.5 Å². The number of fused-ring (bicyclic) bond motifs is 1. The van der Waals surface area contributed by atoms with Crippen LogP contribution in [0.2, 0.25) is 0 Å². The summed E-state index contributed by atoms with van der Waals surface area (Å²) < 4.78 is 4.33. The summed E-state index contributed by atoms with van der Waals surface area (Å²) in [4.78, 5) is 43.0. The Labute approximate surface area is 197 Å². The second-order valence-electron chi connectivity index (χ2n) is 8.61. The van der Waals surface area contributed by atoms with Crippen LogP contribution in [0.3, 0.4) is 0 Å². The number of carbonyl (C=O) groups excluding carboxylic acids is 1. The van der Waals surface area contributed by atoms with Gasteiger partial charge in [0.2, 0.25) is 12.4 Å². The minimum Gasteiger partial charge on any atom is -0.351 e. The van der Waals surface area contributed by atoms with Gasteiger partial charge in [0, 0.05) is 47.3 Å². The number of nitrogens with two attached hydrogens (primary N) is 1. The molecule has 4 rings (SSSR count). The minimum absolute atomic E-state index is 0.0329. The summed E-state index contributed by atoms with van der Waals surface area (Å²) in [5.74, 6) is 0.621. The van der Waals surface area contributed by atoms with Crippen LogP contribution in [-0.4, -0.2) is 63.2 Å². The largest absolute Gasteiger partial charge is 0.351 e. The van der Waals surface area contributed by atoms with Crippen LogP contribution in [-0.2, 0) is 25.4 Å². The Morgan fingerprint density at radius 1 is 1.26 bits per heavy atom. The third kappa shape index (κ3) is 5.02. The number of benzene rings is 1. The molecule has 0 bridgehead atoms. The van der Waals surface area contributed by atoms with E-state index in [2.05, 4.69) is 16.0 Å². The van der Waals surface area contributed by atoms with E-state index in [1.807, 2.05) is 16.7 Å². The molecule has 3 aromatic rings. The van der Waals surface area contributed by atoms with E-state index in [-0.39, 0.29) is 11.6 Å². The lowest BCUT2D eigenvalue weighted by Crippen LogP contribution is -2.44. The molecule has 1 unspecified atom stereocenters. The van der Waals surface area contributed by atoms with Crippen molar-refractivity contribution in [3.8, 4) is 6.07 Å². The van der Waals surface area contributed by atoms with Crippen LogP contribution < -0.4 is 21.9 Å². The van der Waals surface area contributed by atoms with Gasteiger partial charge in [0.05, 0.1) is 18.2 Å². The van der Waals surface area contributed by atoms with Crippen molar-refractivity contribution in [3.05, 3.63) is 56.2 Å². The zero-order valence-electron chi connectivity index (χ0n) is 19.9. The number of aryl methyl sites for hydroxylation is 1. The number of imidazole rings is 1. The van der Waals surface area contributed by atoms with Crippen LogP contribution >= 0.6 is 0 Å². The van der Waals surface area contributed by atoms with E-state index in [1.165, 1.54) is 16.5 Å². The molecule has 11 heteroatoms. The average Bonchev–Trinajstić information content (AvgIpc) is 3.21. The highest BCUT2D eigenvalue weighted by atomic mass is 16.2. The molecular formula is C23H30N8O3. The number of piperidine rings is 1. The van der Waals surface area contributed by atoms with E-state index in [0.29, 0.717) is 35.8 Å². The zero-order chi connectivity index (χ0) is 25.0. The Morgan fingerprint density at radius 3 is 2.59 bits per heavy atom. The van der Waals surface area contributed by atoms with Gasteiger partial charge in [0.1, 0.15) is 0 Å². The average molecular weight is 467 g/mol. The molecule has 1 atom stereocenters. The van der Waals surface area contributed by atoms with Gasteiger partial charge in [0.15, 0.2) is 11.2 Å². The summed E-state index contributed by atoms with van der Waals surface area (Å²) in [5, 5.41) is 9.21. The fourth-order valence-electron chi connectivity index (χ4n) is 3.94. The Hall–Kier alpha value is -3.91. The highest BCUT2D eigenvalue weighted by Crippen LogP contribution is 2.24. The van der Waals surface area contributed by atoms with Gasteiger partial charge in [-0.15, -0.1) is 0 Å². The van der Waals surface area contributed by atoms with Crippen molar-refractivity contribution in [1.82, 2.24) is 23.6 Å². The normalized spacial score (nSPS) is 15.4. The summed E-state index contributed by atoms with van der Waals surface area (Å²) in [5.41, 5.74) is 7.51. The first-order valence-electron chi connectivity index (χ1n) is 11.0. The molecule has 0 spiro atoms. The molecule has 1 aromatic carbocycles. The van der Waals surface area contributed by atoms with E-state index in [9.17, 15) is 19.6 Å². The Balaban J connectivity index is 0.000000588. The van der Waals surface area contributed by atoms with Crippen molar-refractivity contribution in [3.63, 3.8) is 0 Å². The molecule has 1 aliphatic heterocycles. The maximum absolute atomic E-state index is 13.0. The number of nitrogens with zero attached hydrogens (tertiary/aromatic N) is 7. The van der Waals surface area contributed by atoms with Gasteiger partial charge in [-0.25, -0.2) is 4.79 Å². The predicted molar refractivity (Wildman–Crippen MR) is 130 cm³/mol. The van der Waals surface area contributed by atoms with Crippen LogP contribution in [0.15, 0.2) is 33.9 Å². The standard InChI is InChI=1S/C20H23N7O2.C3H7NO/c1-24-17-16(18(28)25(2)20(24)29)27(11-14-6-3-5-13(9-14)10-21)19(23-17)26-8-4-7-15(22)12-26;1-4(2)3-5/h3,5-6,9,15H,4,7-8,11-12,22H2,1-2H3;3H,1-2H3. The van der Waals surface area contributed by atoms with Crippen molar-refractivity contribution in [1.29, 1.82) is 5.26 Å². The Bertz CT molecular complexity index is 1350. The van der Waals surface area contributed by atoms with Gasteiger partial charge in [0.25, 0.3) is 5.56 Å². The van der Waals surface area contributed by atoms with Crippen molar-refractivity contribution < 1.29 is 4.79 Å². The van der Waals surface area contributed by atoms with Gasteiger partial charge in [-0.3, -0.25) is 23.3 Å². The number of hydrogen-bond acceptors (Lipinski definition) is 7. The minimum atomic E-state index is -0.416. The van der Waals surface area contributed by atoms with E-state index in [4.69, 9.17) is 5.73 Å². The third-order valence-electron chi connectivity index (χ3n) is 5.68. The number of rotatable bonds is 4. The van der Waals surface area contributed by atoms with Crippen LogP contribution in [0, 0.1) is 11.3 Å². The molecular weight excluding hydrogens is 436 g/mol. The van der Waals surface area contributed by atoms with Crippen molar-refractivity contribution >= 4 is 23.5 Å². The van der Waals surface area contributed by atoms with Crippen molar-refractivity contribution in [2.24, 2.45) is 19.8 Å². The molecule has 0 aliphatic carbocycles. The SMILES string of the molecule is CN(C)C=O.Cn1c(=O)c2c(nc(N3CCCC(N)C3)n2Cc2cccc(C#N)c2)n(C)c1=O. The second-order valence-corrected chi connectivity index (χ2v) is 8.61. The number of carbonyl (C=O) groups is 1. The van der Waals surface area contributed by atoms with Gasteiger partial charge < -0.3 is 15.5 Å². The monoisotopic (exact) mass is 466 g/mol. The molecule has 1 saturated heterocycles. The molecule has 2 N–H and O–H groups in total. The molecule has 1 fully saturated rings. The quantitative estimate of drug-likeness (QED) is 0.534. The first-order valence-corrected chi connectivity index (χ1v) is 11.0. The van der Waals surface area contributed by atoms with E-state index in [1.54, 1.807) is 33.3 Å². The van der Waals surface area contributed by atoms with Crippen LogP contribution in [0.25, 0.3) is 11.2 Å². The number of hydrogen-bond donors (Lipinski definition) is 1. The lowest BCUT2D eigenvalue weighted by Gasteiger charge is -2.31. The first kappa shape index (κ1) is 24.7. The zero-order valence-corrected chi connectivity index (χ0v) is 19.9. The summed E-state index contributed by atoms with van der Waals surface area (Å²) in [6.45, 7) is 1.78. The number of nitriles is 1. The smallest absolute Gasteiger partial charge is 0.332 e. The van der Waals surface area contributed by atoms with Crippen molar-refractivity contribution in [2.75, 3.05) is 32.1 Å². The molecule has 11 nitrogen and oxygen atoms in total. The highest BCUT2D eigenvalue weighted by Gasteiger charge is 2.26. The fourth-order valence-corrected chi connectivity index (χ4v) is 3.94.